The summed E-state index contributed by atoms with van der Waals surface area (Å²) in [7, 11) is -3.91. The molecular weight excluding hydrogens is 553 g/mol. The third-order valence-corrected chi connectivity index (χ3v) is 6.94. The normalized spacial score (nSPS) is 13.2. The molecule has 2 aromatic rings. The van der Waals surface area contributed by atoms with Crippen LogP contribution in [0.25, 0.3) is 0 Å². The number of aromatic nitrogens is 1. The summed E-state index contributed by atoms with van der Waals surface area (Å²) >= 11 is 4.07. The van der Waals surface area contributed by atoms with Gasteiger partial charge in [0.05, 0.1) is 0 Å². The van der Waals surface area contributed by atoms with Crippen LogP contribution in [0.2, 0.25) is 0 Å². The zero-order valence-corrected chi connectivity index (χ0v) is 21.6. The van der Waals surface area contributed by atoms with Crippen molar-refractivity contribution in [3.05, 3.63) is 62.5 Å². The van der Waals surface area contributed by atoms with Gasteiger partial charge < -0.3 is 0 Å². The van der Waals surface area contributed by atoms with Crippen molar-refractivity contribution in [1.82, 2.24) is 4.57 Å². The SMILES string of the molecule is Cc1ccc(NS(=O)(=O)Cc2ccccc2Br)c(=O)n1C(C(=O)[AsH2])C(C)ON=C(N)N. The molecule has 0 amide bonds. The molecule has 0 radical (unpaired) electrons. The van der Waals surface area contributed by atoms with Gasteiger partial charge in [-0.2, -0.15) is 0 Å². The molecule has 31 heavy (non-hydrogen) atoms. The van der Waals surface area contributed by atoms with E-state index in [9.17, 15) is 18.0 Å². The molecule has 0 bridgehead atoms. The van der Waals surface area contributed by atoms with Crippen molar-refractivity contribution >= 4 is 59.0 Å². The fraction of sp³-hybridized carbons (Fsp3) is 0.278. The minimum atomic E-state index is -3.91. The molecule has 0 aliphatic carbocycles. The van der Waals surface area contributed by atoms with Crippen LogP contribution in [0, 0.1) is 6.92 Å². The number of rotatable bonds is 9. The van der Waals surface area contributed by atoms with Crippen LogP contribution in [0.5, 0.6) is 0 Å². The van der Waals surface area contributed by atoms with Crippen LogP contribution >= 0.6 is 15.9 Å². The Labute approximate surface area is 196 Å². The van der Waals surface area contributed by atoms with E-state index >= 15 is 0 Å². The third kappa shape index (κ3) is 6.59. The second-order valence-corrected chi connectivity index (χ2v) is 10.5. The second-order valence-electron chi connectivity index (χ2n) is 6.69. The summed E-state index contributed by atoms with van der Waals surface area (Å²) in [5.74, 6) is -0.678. The van der Waals surface area contributed by atoms with Gasteiger partial charge >= 0.3 is 197 Å². The number of nitrogens with zero attached hydrogens (tertiary/aromatic N) is 2. The van der Waals surface area contributed by atoms with Crippen LogP contribution in [-0.2, 0) is 25.4 Å². The average molecular weight is 576 g/mol. The Kier molecular flexibility index (Phi) is 8.33. The van der Waals surface area contributed by atoms with Crippen molar-refractivity contribution < 1.29 is 18.0 Å². The quantitative estimate of drug-likeness (QED) is 0.166. The molecule has 0 aliphatic heterocycles. The van der Waals surface area contributed by atoms with E-state index < -0.39 is 27.7 Å². The molecule has 10 nitrogen and oxygen atoms in total. The van der Waals surface area contributed by atoms with E-state index in [0.717, 1.165) is 16.9 Å². The van der Waals surface area contributed by atoms with Crippen molar-refractivity contribution in [2.75, 3.05) is 4.72 Å². The van der Waals surface area contributed by atoms with Gasteiger partial charge in [-0.3, -0.25) is 0 Å². The summed E-state index contributed by atoms with van der Waals surface area (Å²) in [6.07, 6.45) is -0.884. The zero-order chi connectivity index (χ0) is 23.3. The van der Waals surface area contributed by atoms with Gasteiger partial charge in [0.25, 0.3) is 0 Å². The van der Waals surface area contributed by atoms with Gasteiger partial charge in [-0.25, -0.2) is 0 Å². The molecule has 168 valence electrons. The van der Waals surface area contributed by atoms with Crippen LogP contribution < -0.4 is 21.7 Å². The number of aryl methyl sites for hydroxylation is 1. The van der Waals surface area contributed by atoms with Crippen molar-refractivity contribution in [3.8, 4) is 0 Å². The zero-order valence-electron chi connectivity index (χ0n) is 16.8. The van der Waals surface area contributed by atoms with Crippen molar-refractivity contribution in [1.29, 1.82) is 0 Å². The van der Waals surface area contributed by atoms with Crippen LogP contribution in [0.15, 0.2) is 50.8 Å². The Bertz CT molecular complexity index is 1160. The number of nitrogens with two attached hydrogens (primary N) is 2. The third-order valence-electron chi connectivity index (χ3n) is 4.23. The number of guanidine groups is 1. The molecule has 13 heteroatoms. The van der Waals surface area contributed by atoms with Gasteiger partial charge in [0.15, 0.2) is 0 Å². The van der Waals surface area contributed by atoms with Crippen LogP contribution in [0.4, 0.5) is 5.69 Å². The van der Waals surface area contributed by atoms with Crippen molar-refractivity contribution in [3.63, 3.8) is 0 Å². The molecule has 0 saturated heterocycles. The predicted molar refractivity (Wildman–Crippen MR) is 125 cm³/mol. The number of hydrogen-bond donors (Lipinski definition) is 3. The van der Waals surface area contributed by atoms with Gasteiger partial charge in [-0.15, -0.1) is 0 Å². The van der Waals surface area contributed by atoms with E-state index in [1.165, 1.54) is 23.6 Å². The molecule has 3 unspecified atom stereocenters. The molecule has 1 aromatic carbocycles. The number of oxime groups is 1. The molecule has 3 atom stereocenters. The summed E-state index contributed by atoms with van der Waals surface area (Å²) in [5, 5.41) is 3.45. The van der Waals surface area contributed by atoms with E-state index in [4.69, 9.17) is 16.3 Å². The molecule has 0 spiro atoms. The number of carbonyl (C=O) groups excluding carboxylic acids is 1. The van der Waals surface area contributed by atoms with Gasteiger partial charge in [0, 0.05) is 0 Å². The number of carbonyl (C=O) groups is 1. The first-order valence-corrected chi connectivity index (χ1v) is 12.6. The van der Waals surface area contributed by atoms with Crippen LogP contribution in [0.1, 0.15) is 24.2 Å². The fourth-order valence-electron chi connectivity index (χ4n) is 2.86. The summed E-state index contributed by atoms with van der Waals surface area (Å²) < 4.78 is 29.1. The van der Waals surface area contributed by atoms with E-state index in [1.807, 2.05) is 0 Å². The number of halogens is 1. The van der Waals surface area contributed by atoms with Gasteiger partial charge in [0.2, 0.25) is 0 Å². The predicted octanol–water partition coefficient (Wildman–Crippen LogP) is 0.155. The molecule has 5 N–H and O–H groups in total. The Morgan fingerprint density at radius 3 is 2.52 bits per heavy atom. The van der Waals surface area contributed by atoms with Crippen LogP contribution in [-0.4, -0.2) is 46.5 Å². The number of hydrogen-bond acceptors (Lipinski definition) is 6. The molecule has 0 saturated carbocycles. The summed E-state index contributed by atoms with van der Waals surface area (Å²) in [6.45, 7) is 3.15. The average Bonchev–Trinajstić information content (AvgIpc) is 2.66. The summed E-state index contributed by atoms with van der Waals surface area (Å²) in [4.78, 5) is 30.6. The van der Waals surface area contributed by atoms with E-state index in [-0.39, 0.29) is 22.0 Å². The second kappa shape index (κ2) is 10.3. The topological polar surface area (TPSA) is 159 Å². The van der Waals surface area contributed by atoms with E-state index in [0.29, 0.717) is 15.7 Å². The first-order chi connectivity index (χ1) is 14.4. The van der Waals surface area contributed by atoms with E-state index in [2.05, 4.69) is 25.8 Å². The molecule has 1 aromatic heterocycles. The number of nitrogens with one attached hydrogen (secondary N) is 1. The Morgan fingerprint density at radius 2 is 1.94 bits per heavy atom. The minimum absolute atomic E-state index is 0.189. The number of benzene rings is 1. The molecule has 1 heterocycles. The van der Waals surface area contributed by atoms with Crippen molar-refractivity contribution in [2.24, 2.45) is 16.6 Å². The molecule has 0 fully saturated rings. The Balaban J connectivity index is 2.43. The first-order valence-electron chi connectivity index (χ1n) is 8.93. The summed E-state index contributed by atoms with van der Waals surface area (Å²) in [5.41, 5.74) is 10.6. The Morgan fingerprint density at radius 1 is 1.29 bits per heavy atom. The summed E-state index contributed by atoms with van der Waals surface area (Å²) in [6, 6.07) is 8.70. The van der Waals surface area contributed by atoms with Crippen molar-refractivity contribution in [2.45, 2.75) is 31.7 Å². The van der Waals surface area contributed by atoms with Crippen LogP contribution in [0.3, 0.4) is 0 Å². The van der Waals surface area contributed by atoms with Gasteiger partial charge in [-0.05, 0) is 0 Å². The molecule has 0 aliphatic rings. The monoisotopic (exact) mass is 575 g/mol. The molecular formula is C18H23AsBrN5O5S. The van der Waals surface area contributed by atoms with E-state index in [1.54, 1.807) is 31.2 Å². The number of anilines is 1. The maximum absolute atomic E-state index is 13.1. The Hall–Kier alpha value is -2.30. The standard InChI is InChI=1S/C18H23AsBrN5O5S/c1-10-7-8-14(24-31(28,29)9-12-5-3-4-6-13(12)20)17(27)25(10)15(16(19)26)11(2)30-23-18(21)22/h3-8,11,15,24H,9,19H2,1-2H3,(H4,21,22,23). The van der Waals surface area contributed by atoms with Gasteiger partial charge in [0.1, 0.15) is 0 Å². The fourth-order valence-corrected chi connectivity index (χ4v) is 5.58. The number of sulfonamides is 1. The van der Waals surface area contributed by atoms with Gasteiger partial charge in [-0.1, -0.05) is 0 Å². The number of pyridine rings is 1. The first kappa shape index (κ1) is 25.0. The molecule has 2 rings (SSSR count). The maximum atomic E-state index is 13.1.